The molecule has 0 aromatic heterocycles. The second-order valence-corrected chi connectivity index (χ2v) is 5.21. The van der Waals surface area contributed by atoms with E-state index in [0.29, 0.717) is 10.7 Å². The quantitative estimate of drug-likeness (QED) is 0.691. The highest BCUT2D eigenvalue weighted by Gasteiger charge is 2.50. The van der Waals surface area contributed by atoms with Crippen molar-refractivity contribution in [2.45, 2.75) is 18.3 Å². The molecule has 1 aliphatic heterocycles. The highest BCUT2D eigenvalue weighted by atomic mass is 32.2. The van der Waals surface area contributed by atoms with Crippen molar-refractivity contribution < 1.29 is 21.6 Å². The van der Waals surface area contributed by atoms with Gasteiger partial charge in [-0.25, -0.2) is 8.42 Å². The number of hydrogen-bond acceptors (Lipinski definition) is 3. The summed E-state index contributed by atoms with van der Waals surface area (Å²) in [4.78, 5) is 0. The molecular weight excluding hydrogens is 233 g/mol. The molecule has 0 bridgehead atoms. The van der Waals surface area contributed by atoms with Gasteiger partial charge in [0, 0.05) is 13.1 Å². The average molecular weight is 242 g/mol. The Hall–Kier alpha value is -0.810. The first kappa shape index (κ1) is 12.3. The molecular formula is C7H9F3N2O2S. The maximum absolute atomic E-state index is 12.1. The van der Waals surface area contributed by atoms with Crippen LogP contribution in [0.5, 0.6) is 0 Å². The number of nitrogens with zero attached hydrogens (tertiary/aromatic N) is 2. The van der Waals surface area contributed by atoms with Crippen LogP contribution in [-0.2, 0) is 10.0 Å². The minimum absolute atomic E-state index is 0.167. The third-order valence-electron chi connectivity index (χ3n) is 2.20. The molecule has 0 spiro atoms. The van der Waals surface area contributed by atoms with Gasteiger partial charge in [0.25, 0.3) is 0 Å². The third kappa shape index (κ3) is 2.41. The molecule has 8 heteroatoms. The van der Waals surface area contributed by atoms with Gasteiger partial charge >= 0.3 is 15.5 Å². The lowest BCUT2D eigenvalue weighted by atomic mass is 10.0. The van der Waals surface area contributed by atoms with E-state index < -0.39 is 21.4 Å². The fraction of sp³-hybridized carbons (Fsp3) is 0.857. The minimum atomic E-state index is -5.27. The lowest BCUT2D eigenvalue weighted by Crippen LogP contribution is -2.45. The Labute approximate surface area is 85.3 Å². The van der Waals surface area contributed by atoms with Gasteiger partial charge in [-0.2, -0.15) is 22.7 Å². The van der Waals surface area contributed by atoms with Crippen molar-refractivity contribution in [1.29, 1.82) is 5.26 Å². The van der Waals surface area contributed by atoms with E-state index in [0.717, 1.165) is 0 Å². The molecule has 1 heterocycles. The summed E-state index contributed by atoms with van der Waals surface area (Å²) >= 11 is 0. The van der Waals surface area contributed by atoms with Crippen LogP contribution in [0.25, 0.3) is 0 Å². The summed E-state index contributed by atoms with van der Waals surface area (Å²) in [5, 5.41) is 8.52. The van der Waals surface area contributed by atoms with Crippen molar-refractivity contribution in [1.82, 2.24) is 4.31 Å². The van der Waals surface area contributed by atoms with Crippen LogP contribution in [0.2, 0.25) is 0 Å². The van der Waals surface area contributed by atoms with Crippen LogP contribution < -0.4 is 0 Å². The summed E-state index contributed by atoms with van der Waals surface area (Å²) in [5.74, 6) is -0.643. The van der Waals surface area contributed by atoms with Crippen molar-refractivity contribution in [2.24, 2.45) is 5.92 Å². The molecule has 4 nitrogen and oxygen atoms in total. The Morgan fingerprint density at radius 1 is 1.40 bits per heavy atom. The second-order valence-electron chi connectivity index (χ2n) is 3.28. The number of sulfonamides is 1. The van der Waals surface area contributed by atoms with Crippen LogP contribution in [0.1, 0.15) is 12.8 Å². The molecule has 86 valence electrons. The van der Waals surface area contributed by atoms with Gasteiger partial charge in [-0.15, -0.1) is 0 Å². The monoisotopic (exact) mass is 242 g/mol. The largest absolute Gasteiger partial charge is 0.511 e. The molecule has 0 N–H and O–H groups in total. The first-order valence-corrected chi connectivity index (χ1v) is 5.69. The summed E-state index contributed by atoms with van der Waals surface area (Å²) in [7, 11) is -5.26. The van der Waals surface area contributed by atoms with Gasteiger partial charge < -0.3 is 0 Å². The molecule has 1 unspecified atom stereocenters. The molecule has 0 amide bonds. The molecule has 0 aromatic rings. The summed E-state index contributed by atoms with van der Waals surface area (Å²) < 4.78 is 58.7. The predicted molar refractivity (Wildman–Crippen MR) is 44.9 cm³/mol. The van der Waals surface area contributed by atoms with Crippen molar-refractivity contribution in [3.63, 3.8) is 0 Å². The minimum Gasteiger partial charge on any atom is -0.203 e. The van der Waals surface area contributed by atoms with Crippen LogP contribution in [0.3, 0.4) is 0 Å². The third-order valence-corrected chi connectivity index (χ3v) is 3.80. The van der Waals surface area contributed by atoms with Crippen LogP contribution >= 0.6 is 0 Å². The molecule has 1 rings (SSSR count). The highest BCUT2D eigenvalue weighted by molar-refractivity contribution is 7.90. The summed E-state index contributed by atoms with van der Waals surface area (Å²) in [6.45, 7) is -0.529. The summed E-state index contributed by atoms with van der Waals surface area (Å²) in [5.41, 5.74) is -5.27. The zero-order valence-corrected chi connectivity index (χ0v) is 8.48. The van der Waals surface area contributed by atoms with E-state index in [1.807, 2.05) is 0 Å². The molecule has 0 aliphatic carbocycles. The van der Waals surface area contributed by atoms with Gasteiger partial charge in [-0.05, 0) is 12.8 Å². The normalized spacial score (nSPS) is 24.8. The van der Waals surface area contributed by atoms with E-state index in [4.69, 9.17) is 5.26 Å². The van der Waals surface area contributed by atoms with Gasteiger partial charge in [-0.3, -0.25) is 0 Å². The zero-order valence-electron chi connectivity index (χ0n) is 7.66. The average Bonchev–Trinajstić information content (AvgIpc) is 2.16. The molecule has 0 radical (unpaired) electrons. The number of hydrogen-bond donors (Lipinski definition) is 0. The van der Waals surface area contributed by atoms with Gasteiger partial charge in [0.2, 0.25) is 0 Å². The van der Waals surface area contributed by atoms with Gasteiger partial charge in [0.1, 0.15) is 0 Å². The predicted octanol–water partition coefficient (Wildman–Crippen LogP) is 1.07. The number of halogens is 3. The Kier molecular flexibility index (Phi) is 3.25. The Balaban J connectivity index is 2.86. The standard InChI is InChI=1S/C7H9F3N2O2S/c8-7(9,10)15(13,14)12-3-1-2-6(4-11)5-12/h6H,1-3,5H2. The Morgan fingerprint density at radius 2 is 2.00 bits per heavy atom. The molecule has 1 fully saturated rings. The van der Waals surface area contributed by atoms with E-state index in [2.05, 4.69) is 0 Å². The number of piperidine rings is 1. The molecule has 0 saturated carbocycles. The molecule has 1 atom stereocenters. The maximum atomic E-state index is 12.1. The van der Waals surface area contributed by atoms with Crippen LogP contribution in [0, 0.1) is 17.2 Å². The van der Waals surface area contributed by atoms with Crippen molar-refractivity contribution in [3.8, 4) is 6.07 Å². The number of nitriles is 1. The van der Waals surface area contributed by atoms with Gasteiger partial charge in [0.05, 0.1) is 12.0 Å². The van der Waals surface area contributed by atoms with Crippen LogP contribution in [0.15, 0.2) is 0 Å². The topological polar surface area (TPSA) is 61.2 Å². The summed E-state index contributed by atoms with van der Waals surface area (Å²) in [6.07, 6.45) is 0.730. The lowest BCUT2D eigenvalue weighted by molar-refractivity contribution is -0.0496. The zero-order chi connectivity index (χ0) is 11.7. The SMILES string of the molecule is N#CC1CCCN(S(=O)(=O)C(F)(F)F)C1. The van der Waals surface area contributed by atoms with Gasteiger partial charge in [0.15, 0.2) is 0 Å². The molecule has 15 heavy (non-hydrogen) atoms. The van der Waals surface area contributed by atoms with Crippen molar-refractivity contribution in [3.05, 3.63) is 0 Å². The molecule has 0 aromatic carbocycles. The molecule has 1 saturated heterocycles. The summed E-state index contributed by atoms with van der Waals surface area (Å²) in [6, 6.07) is 1.78. The van der Waals surface area contributed by atoms with Crippen molar-refractivity contribution in [2.75, 3.05) is 13.1 Å². The van der Waals surface area contributed by atoms with E-state index >= 15 is 0 Å². The Bertz CT molecular complexity index is 371. The maximum Gasteiger partial charge on any atom is 0.511 e. The van der Waals surface area contributed by atoms with Crippen LogP contribution in [-0.4, -0.2) is 31.3 Å². The smallest absolute Gasteiger partial charge is 0.203 e. The fourth-order valence-corrected chi connectivity index (χ4v) is 2.45. The van der Waals surface area contributed by atoms with E-state index in [1.165, 1.54) is 0 Å². The second kappa shape index (κ2) is 3.98. The highest BCUT2D eigenvalue weighted by Crippen LogP contribution is 2.30. The van der Waals surface area contributed by atoms with Crippen LogP contribution in [0.4, 0.5) is 13.2 Å². The first-order valence-electron chi connectivity index (χ1n) is 4.25. The Morgan fingerprint density at radius 3 is 2.47 bits per heavy atom. The first-order chi connectivity index (χ1) is 6.79. The van der Waals surface area contributed by atoms with Gasteiger partial charge in [-0.1, -0.05) is 0 Å². The number of rotatable bonds is 1. The van der Waals surface area contributed by atoms with Crippen molar-refractivity contribution >= 4 is 10.0 Å². The molecule has 1 aliphatic rings. The van der Waals surface area contributed by atoms with E-state index in [1.54, 1.807) is 6.07 Å². The van der Waals surface area contributed by atoms with E-state index in [9.17, 15) is 21.6 Å². The fourth-order valence-electron chi connectivity index (χ4n) is 1.41. The van der Waals surface area contributed by atoms with E-state index in [-0.39, 0.29) is 19.5 Å². The lowest BCUT2D eigenvalue weighted by Gasteiger charge is -2.29. The number of alkyl halides is 3.